The van der Waals surface area contributed by atoms with Crippen molar-refractivity contribution in [2.24, 2.45) is 0 Å². The van der Waals surface area contributed by atoms with E-state index in [2.05, 4.69) is 11.4 Å². The van der Waals surface area contributed by atoms with Crippen LogP contribution < -0.4 is 10.1 Å². The van der Waals surface area contributed by atoms with Gasteiger partial charge in [0.15, 0.2) is 6.61 Å². The lowest BCUT2D eigenvalue weighted by atomic mass is 9.91. The summed E-state index contributed by atoms with van der Waals surface area (Å²) in [6.07, 6.45) is 1.25. The molecule has 0 atom stereocenters. The highest BCUT2D eigenvalue weighted by Gasteiger charge is 2.33. The summed E-state index contributed by atoms with van der Waals surface area (Å²) in [5, 5.41) is 12.4. The molecule has 0 spiro atoms. The number of ether oxygens (including phenoxy) is 2. The predicted molar refractivity (Wildman–Crippen MR) is 79.4 cm³/mol. The number of aliphatic hydroxyl groups excluding tert-OH is 1. The van der Waals surface area contributed by atoms with Crippen LogP contribution in [-0.2, 0) is 9.53 Å². The number of nitrogens with one attached hydrogen (secondary N) is 1. The molecule has 21 heavy (non-hydrogen) atoms. The van der Waals surface area contributed by atoms with E-state index in [1.807, 2.05) is 26.0 Å². The molecular formula is C16H23NO4. The van der Waals surface area contributed by atoms with E-state index in [1.165, 1.54) is 0 Å². The van der Waals surface area contributed by atoms with E-state index < -0.39 is 5.54 Å². The Labute approximate surface area is 125 Å². The Balaban J connectivity index is 1.89. The second kappa shape index (κ2) is 6.91. The first-order chi connectivity index (χ1) is 10.0. The topological polar surface area (TPSA) is 67.8 Å². The van der Waals surface area contributed by atoms with E-state index in [4.69, 9.17) is 9.47 Å². The van der Waals surface area contributed by atoms with E-state index in [0.29, 0.717) is 31.8 Å². The quantitative estimate of drug-likeness (QED) is 0.859. The van der Waals surface area contributed by atoms with Crippen molar-refractivity contribution in [3.8, 4) is 5.75 Å². The SMILES string of the molecule is Cc1cc(C)cc(OCC(=O)NC2(CO)CCOCC2)c1. The minimum atomic E-state index is -0.568. The highest BCUT2D eigenvalue weighted by Crippen LogP contribution is 2.20. The van der Waals surface area contributed by atoms with Crippen LogP contribution in [-0.4, -0.2) is 43.0 Å². The third-order valence-corrected chi connectivity index (χ3v) is 3.72. The minimum absolute atomic E-state index is 0.0501. The maximum Gasteiger partial charge on any atom is 0.258 e. The van der Waals surface area contributed by atoms with Crippen LogP contribution in [0.4, 0.5) is 0 Å². The summed E-state index contributed by atoms with van der Waals surface area (Å²) in [5.41, 5.74) is 1.63. The van der Waals surface area contributed by atoms with Gasteiger partial charge in [0, 0.05) is 13.2 Å². The van der Waals surface area contributed by atoms with E-state index in [9.17, 15) is 9.90 Å². The predicted octanol–water partition coefficient (Wildman–Crippen LogP) is 1.34. The first-order valence-corrected chi connectivity index (χ1v) is 7.24. The first kappa shape index (κ1) is 15.8. The molecule has 2 rings (SSSR count). The van der Waals surface area contributed by atoms with Crippen LogP contribution >= 0.6 is 0 Å². The average Bonchev–Trinajstić information content (AvgIpc) is 2.45. The standard InChI is InChI=1S/C16H23NO4/c1-12-7-13(2)9-14(8-12)21-10-15(19)17-16(11-18)3-5-20-6-4-16/h7-9,18H,3-6,10-11H2,1-2H3,(H,17,19). The molecule has 1 saturated heterocycles. The maximum absolute atomic E-state index is 12.0. The van der Waals surface area contributed by atoms with Gasteiger partial charge in [-0.15, -0.1) is 0 Å². The van der Waals surface area contributed by atoms with Crippen molar-refractivity contribution in [1.29, 1.82) is 0 Å². The first-order valence-electron chi connectivity index (χ1n) is 7.24. The van der Waals surface area contributed by atoms with Gasteiger partial charge in [-0.3, -0.25) is 4.79 Å². The summed E-state index contributed by atoms with van der Waals surface area (Å²) < 4.78 is 10.8. The molecule has 1 heterocycles. The Bertz CT molecular complexity index is 475. The Hall–Kier alpha value is -1.59. The molecule has 1 fully saturated rings. The fraction of sp³-hybridized carbons (Fsp3) is 0.562. The van der Waals surface area contributed by atoms with Crippen LogP contribution in [0.1, 0.15) is 24.0 Å². The molecule has 5 heteroatoms. The van der Waals surface area contributed by atoms with E-state index >= 15 is 0 Å². The van der Waals surface area contributed by atoms with Crippen molar-refractivity contribution in [2.45, 2.75) is 32.2 Å². The maximum atomic E-state index is 12.0. The lowest BCUT2D eigenvalue weighted by molar-refractivity contribution is -0.127. The number of amides is 1. The lowest BCUT2D eigenvalue weighted by Gasteiger charge is -2.36. The summed E-state index contributed by atoms with van der Waals surface area (Å²) in [5.74, 6) is 0.470. The van der Waals surface area contributed by atoms with Gasteiger partial charge in [-0.25, -0.2) is 0 Å². The van der Waals surface area contributed by atoms with Crippen molar-refractivity contribution in [1.82, 2.24) is 5.32 Å². The number of hydrogen-bond acceptors (Lipinski definition) is 4. The average molecular weight is 293 g/mol. The highest BCUT2D eigenvalue weighted by atomic mass is 16.5. The lowest BCUT2D eigenvalue weighted by Crippen LogP contribution is -2.55. The van der Waals surface area contributed by atoms with Crippen molar-refractivity contribution < 1.29 is 19.4 Å². The zero-order chi connectivity index (χ0) is 15.3. The van der Waals surface area contributed by atoms with Crippen LogP contribution in [0.5, 0.6) is 5.75 Å². The molecule has 1 aromatic rings. The molecule has 2 N–H and O–H groups in total. The Morgan fingerprint density at radius 2 is 1.90 bits per heavy atom. The van der Waals surface area contributed by atoms with Gasteiger partial charge in [-0.1, -0.05) is 6.07 Å². The second-order valence-corrected chi connectivity index (χ2v) is 5.71. The molecule has 0 unspecified atom stereocenters. The zero-order valence-electron chi connectivity index (χ0n) is 12.6. The van der Waals surface area contributed by atoms with E-state index in [1.54, 1.807) is 0 Å². The number of aryl methyl sites for hydroxylation is 2. The number of benzene rings is 1. The van der Waals surface area contributed by atoms with Gasteiger partial charge < -0.3 is 19.9 Å². The largest absolute Gasteiger partial charge is 0.484 e. The monoisotopic (exact) mass is 293 g/mol. The summed E-state index contributed by atoms with van der Waals surface area (Å²) in [4.78, 5) is 12.0. The Kier molecular flexibility index (Phi) is 5.20. The number of rotatable bonds is 5. The molecule has 1 amide bonds. The van der Waals surface area contributed by atoms with Crippen LogP contribution in [0, 0.1) is 13.8 Å². The number of aliphatic hydroxyl groups is 1. The van der Waals surface area contributed by atoms with E-state index in [0.717, 1.165) is 11.1 Å². The van der Waals surface area contributed by atoms with Crippen molar-refractivity contribution in [3.63, 3.8) is 0 Å². The molecule has 0 aliphatic carbocycles. The van der Waals surface area contributed by atoms with Gasteiger partial charge in [-0.05, 0) is 49.9 Å². The van der Waals surface area contributed by atoms with Crippen LogP contribution in [0.25, 0.3) is 0 Å². The van der Waals surface area contributed by atoms with Gasteiger partial charge in [-0.2, -0.15) is 0 Å². The summed E-state index contributed by atoms with van der Waals surface area (Å²) in [6.45, 7) is 4.96. The number of carbonyl (C=O) groups excluding carboxylic acids is 1. The fourth-order valence-electron chi connectivity index (χ4n) is 2.58. The molecule has 1 aromatic carbocycles. The van der Waals surface area contributed by atoms with Crippen LogP contribution in [0.2, 0.25) is 0 Å². The third-order valence-electron chi connectivity index (χ3n) is 3.72. The third kappa shape index (κ3) is 4.44. The number of hydrogen-bond donors (Lipinski definition) is 2. The molecule has 1 aliphatic heterocycles. The van der Waals surface area contributed by atoms with Gasteiger partial charge in [0.2, 0.25) is 0 Å². The number of carbonyl (C=O) groups is 1. The molecule has 116 valence electrons. The molecule has 0 saturated carbocycles. The molecule has 0 radical (unpaired) electrons. The smallest absolute Gasteiger partial charge is 0.258 e. The van der Waals surface area contributed by atoms with Gasteiger partial charge in [0.05, 0.1) is 12.1 Å². The Morgan fingerprint density at radius 1 is 1.29 bits per heavy atom. The normalized spacial score (nSPS) is 17.3. The summed E-state index contributed by atoms with van der Waals surface area (Å²) in [7, 11) is 0. The summed E-state index contributed by atoms with van der Waals surface area (Å²) >= 11 is 0. The van der Waals surface area contributed by atoms with Gasteiger partial charge in [0.25, 0.3) is 5.91 Å². The molecule has 0 aromatic heterocycles. The fourth-order valence-corrected chi connectivity index (χ4v) is 2.58. The van der Waals surface area contributed by atoms with E-state index in [-0.39, 0.29) is 19.1 Å². The molecule has 0 bridgehead atoms. The van der Waals surface area contributed by atoms with Crippen molar-refractivity contribution in [2.75, 3.05) is 26.4 Å². The Morgan fingerprint density at radius 3 is 2.48 bits per heavy atom. The highest BCUT2D eigenvalue weighted by molar-refractivity contribution is 5.78. The molecular weight excluding hydrogens is 270 g/mol. The zero-order valence-corrected chi connectivity index (χ0v) is 12.6. The molecule has 1 aliphatic rings. The van der Waals surface area contributed by atoms with Crippen molar-refractivity contribution >= 4 is 5.91 Å². The minimum Gasteiger partial charge on any atom is -0.484 e. The second-order valence-electron chi connectivity index (χ2n) is 5.71. The molecule has 5 nitrogen and oxygen atoms in total. The van der Waals surface area contributed by atoms with Crippen molar-refractivity contribution in [3.05, 3.63) is 29.3 Å². The van der Waals surface area contributed by atoms with Gasteiger partial charge in [0.1, 0.15) is 5.75 Å². The van der Waals surface area contributed by atoms with Gasteiger partial charge >= 0.3 is 0 Å². The summed E-state index contributed by atoms with van der Waals surface area (Å²) in [6, 6.07) is 5.85. The van der Waals surface area contributed by atoms with Crippen LogP contribution in [0.15, 0.2) is 18.2 Å². The van der Waals surface area contributed by atoms with Crippen LogP contribution in [0.3, 0.4) is 0 Å².